The lowest BCUT2D eigenvalue weighted by molar-refractivity contribution is 0.332. The summed E-state index contributed by atoms with van der Waals surface area (Å²) in [7, 11) is 0. The van der Waals surface area contributed by atoms with E-state index < -0.39 is 0 Å². The molecule has 0 N–H and O–H groups in total. The number of nitrogens with zero attached hydrogens (tertiary/aromatic N) is 2. The smallest absolute Gasteiger partial charge is 0.297 e. The Labute approximate surface area is 403 Å². The average Bonchev–Trinajstić information content (AvgIpc) is 3.64. The summed E-state index contributed by atoms with van der Waals surface area (Å²) in [6.07, 6.45) is 9.57. The molecule has 6 aromatic rings. The van der Waals surface area contributed by atoms with Crippen molar-refractivity contribution in [1.29, 1.82) is 0 Å². The average molecular weight is 887 g/mol. The van der Waals surface area contributed by atoms with Crippen LogP contribution in [0.4, 0.5) is 34.1 Å². The Morgan fingerprint density at radius 2 is 0.910 bits per heavy atom. The predicted octanol–water partition coefficient (Wildman–Crippen LogP) is 15.9. The Balaban J connectivity index is 1.21. The van der Waals surface area contributed by atoms with Crippen molar-refractivity contribution in [3.63, 3.8) is 0 Å². The summed E-state index contributed by atoms with van der Waals surface area (Å²) in [4.78, 5) is 5.36. The van der Waals surface area contributed by atoms with Gasteiger partial charge in [0.2, 0.25) is 0 Å². The molecule has 0 bridgehead atoms. The number of aryl methyl sites for hydroxylation is 1. The second-order valence-electron chi connectivity index (χ2n) is 26.7. The largest absolute Gasteiger partial charge is 0.468 e. The minimum Gasteiger partial charge on any atom is -0.468 e. The lowest BCUT2D eigenvalue weighted by Crippen LogP contribution is -2.61. The van der Waals surface area contributed by atoms with Gasteiger partial charge in [0.25, 0.3) is 6.71 Å². The molecule has 0 saturated heterocycles. The maximum absolute atomic E-state index is 7.66. The van der Waals surface area contributed by atoms with Gasteiger partial charge in [-0.25, -0.2) is 0 Å². The first-order valence-electron chi connectivity index (χ1n) is 26.2. The van der Waals surface area contributed by atoms with E-state index in [2.05, 4.69) is 186 Å². The van der Waals surface area contributed by atoms with Gasteiger partial charge in [-0.15, -0.1) is 0 Å². The second-order valence-corrected chi connectivity index (χ2v) is 26.7. The molecule has 5 aromatic carbocycles. The number of hydrogen-bond acceptors (Lipinski definition) is 3. The van der Waals surface area contributed by atoms with Gasteiger partial charge in [0.15, 0.2) is 0 Å². The summed E-state index contributed by atoms with van der Waals surface area (Å²) in [5.41, 5.74) is 26.3. The van der Waals surface area contributed by atoms with Crippen LogP contribution in [0.15, 0.2) is 77.2 Å². The molecule has 0 fully saturated rings. The highest BCUT2D eigenvalue weighted by molar-refractivity contribution is 7.00. The molecule has 67 heavy (non-hydrogen) atoms. The first-order chi connectivity index (χ1) is 31.4. The molecule has 346 valence electrons. The van der Waals surface area contributed by atoms with Gasteiger partial charge in [0.05, 0.1) is 11.3 Å². The van der Waals surface area contributed by atoms with Gasteiger partial charge in [-0.05, 0) is 218 Å². The molecule has 3 nitrogen and oxygen atoms in total. The van der Waals surface area contributed by atoms with Crippen molar-refractivity contribution in [3.05, 3.63) is 123 Å². The van der Waals surface area contributed by atoms with Gasteiger partial charge in [-0.2, -0.15) is 0 Å². The zero-order valence-corrected chi connectivity index (χ0v) is 43.6. The van der Waals surface area contributed by atoms with E-state index in [1.807, 2.05) is 0 Å². The Hall–Kier alpha value is -4.70. The van der Waals surface area contributed by atoms with Crippen molar-refractivity contribution in [3.8, 4) is 0 Å². The molecular formula is C63H75BN2O. The second kappa shape index (κ2) is 13.8. The molecule has 2 aliphatic heterocycles. The fourth-order valence-electron chi connectivity index (χ4n) is 14.4. The molecule has 12 rings (SSSR count). The summed E-state index contributed by atoms with van der Waals surface area (Å²) in [6.45, 7) is 36.8. The molecule has 0 amide bonds. The molecule has 0 spiro atoms. The van der Waals surface area contributed by atoms with Crippen LogP contribution in [0.3, 0.4) is 0 Å². The molecule has 6 aliphatic rings. The third-order valence-electron chi connectivity index (χ3n) is 19.3. The van der Waals surface area contributed by atoms with E-state index in [-0.39, 0.29) is 39.2 Å². The van der Waals surface area contributed by atoms with Crippen molar-refractivity contribution in [1.82, 2.24) is 0 Å². The van der Waals surface area contributed by atoms with Gasteiger partial charge in [0, 0.05) is 33.8 Å². The fraction of sp³-hybridized carbons (Fsp3) is 0.492. The molecule has 0 saturated carbocycles. The summed E-state index contributed by atoms with van der Waals surface area (Å²) in [6, 6.07) is 30.4. The standard InChI is InChI=1S/C63H75BN2O/c1-36-28-52-55-53(29-36)66(40-19-21-45-47(31-40)61(10,11)25-23-59(45,6)7)56-43-32-41-37(2)16-17-38(3)42(41)33-54(43)67-57(56)64(55)50-34-48-49(63(14,15)27-26-62(48,12)13)35-51(50)65(52)39-18-20-44-46(30-39)60(8,9)24-22-58(44,4)5/h18-21,28-35,37-38H,16-17,22-27H2,1-15H3. The van der Waals surface area contributed by atoms with Gasteiger partial charge in [0.1, 0.15) is 5.58 Å². The highest BCUT2D eigenvalue weighted by atomic mass is 16.3. The van der Waals surface area contributed by atoms with Crippen LogP contribution in [0.5, 0.6) is 0 Å². The summed E-state index contributed by atoms with van der Waals surface area (Å²) in [5, 5.41) is 1.25. The van der Waals surface area contributed by atoms with Crippen molar-refractivity contribution >= 4 is 68.4 Å². The minimum atomic E-state index is -0.0745. The van der Waals surface area contributed by atoms with Crippen LogP contribution in [0.2, 0.25) is 0 Å². The number of benzene rings is 5. The number of furan rings is 1. The summed E-state index contributed by atoms with van der Waals surface area (Å²) < 4.78 is 7.66. The van der Waals surface area contributed by atoms with Crippen molar-refractivity contribution in [2.75, 3.05) is 9.80 Å². The van der Waals surface area contributed by atoms with Gasteiger partial charge in [-0.3, -0.25) is 0 Å². The Morgan fingerprint density at radius 3 is 1.43 bits per heavy atom. The maximum atomic E-state index is 7.66. The van der Waals surface area contributed by atoms with Crippen molar-refractivity contribution in [2.45, 2.75) is 200 Å². The molecule has 2 unspecified atom stereocenters. The Morgan fingerprint density at radius 1 is 0.478 bits per heavy atom. The van der Waals surface area contributed by atoms with E-state index in [0.717, 1.165) is 11.2 Å². The lowest BCUT2D eigenvalue weighted by atomic mass is 9.35. The highest BCUT2D eigenvalue weighted by Gasteiger charge is 2.50. The van der Waals surface area contributed by atoms with Crippen LogP contribution < -0.4 is 26.4 Å². The monoisotopic (exact) mass is 887 g/mol. The van der Waals surface area contributed by atoms with Crippen LogP contribution in [-0.4, -0.2) is 6.71 Å². The molecule has 4 heteroatoms. The Bertz CT molecular complexity index is 3110. The minimum absolute atomic E-state index is 0.0506. The van der Waals surface area contributed by atoms with Crippen LogP contribution in [-0.2, 0) is 32.5 Å². The summed E-state index contributed by atoms with van der Waals surface area (Å²) >= 11 is 0. The third kappa shape index (κ3) is 6.15. The first-order valence-corrected chi connectivity index (χ1v) is 26.2. The van der Waals surface area contributed by atoms with Gasteiger partial charge < -0.3 is 14.2 Å². The van der Waals surface area contributed by atoms with Crippen molar-refractivity contribution in [2.24, 2.45) is 0 Å². The number of hydrogen-bond donors (Lipinski definition) is 0. The summed E-state index contributed by atoms with van der Waals surface area (Å²) in [5.74, 6) is 1.03. The molecule has 1 aromatic heterocycles. The number of rotatable bonds is 2. The highest BCUT2D eigenvalue weighted by Crippen LogP contribution is 2.55. The SMILES string of the molecule is Cc1cc2c3c(c1)N(c1ccc4c(c1)C(C)(C)CCC4(C)C)c1c(oc4cc5c(cc14)C(C)CCC5C)B3c1cc3c(cc1N2c1ccc2c(c1)C(C)(C)CCC2(C)C)C(C)(C)CCC3(C)C. The van der Waals surface area contributed by atoms with Crippen LogP contribution >= 0.6 is 0 Å². The fourth-order valence-corrected chi connectivity index (χ4v) is 14.4. The maximum Gasteiger partial charge on any atom is 0.297 e. The van der Waals surface area contributed by atoms with Crippen LogP contribution in [0, 0.1) is 6.92 Å². The Kier molecular flexibility index (Phi) is 8.95. The van der Waals surface area contributed by atoms with Gasteiger partial charge in [-0.1, -0.05) is 115 Å². The van der Waals surface area contributed by atoms with E-state index in [1.54, 1.807) is 0 Å². The van der Waals surface area contributed by atoms with E-state index >= 15 is 0 Å². The van der Waals surface area contributed by atoms with E-state index in [1.165, 1.54) is 152 Å². The molecule has 0 radical (unpaired) electrons. The molecular weight excluding hydrogens is 812 g/mol. The number of anilines is 6. The third-order valence-corrected chi connectivity index (χ3v) is 19.3. The van der Waals surface area contributed by atoms with E-state index in [4.69, 9.17) is 4.42 Å². The van der Waals surface area contributed by atoms with E-state index in [9.17, 15) is 0 Å². The van der Waals surface area contributed by atoms with Gasteiger partial charge >= 0.3 is 0 Å². The zero-order valence-electron chi connectivity index (χ0n) is 43.6. The molecule has 4 aliphatic carbocycles. The molecule has 3 heterocycles. The lowest BCUT2D eigenvalue weighted by Gasteiger charge is -2.47. The van der Waals surface area contributed by atoms with Crippen LogP contribution in [0.1, 0.15) is 210 Å². The normalized spacial score (nSPS) is 23.9. The molecule has 2 atom stereocenters. The topological polar surface area (TPSA) is 19.6 Å². The van der Waals surface area contributed by atoms with E-state index in [0.29, 0.717) is 11.8 Å². The predicted molar refractivity (Wildman–Crippen MR) is 287 cm³/mol. The van der Waals surface area contributed by atoms with Crippen molar-refractivity contribution < 1.29 is 4.42 Å². The number of fused-ring (bicyclic) bond motifs is 10. The quantitative estimate of drug-likeness (QED) is 0.161. The van der Waals surface area contributed by atoms with Crippen LogP contribution in [0.25, 0.3) is 11.0 Å². The first kappa shape index (κ1) is 43.6. The zero-order chi connectivity index (χ0) is 47.3.